The second-order valence-corrected chi connectivity index (χ2v) is 9.11. The standard InChI is InChI=1S/C8H12O6P2S/c1-6-2-4-7(5-3-6)17-8(15(9,10)11)16(12,13)14/h2-5,8H,1H3,(H2,9,10,11)(H2,12,13,14). The molecule has 0 aliphatic heterocycles. The van der Waals surface area contributed by atoms with E-state index in [1.54, 1.807) is 24.3 Å². The number of aryl methyl sites for hydroxylation is 1. The van der Waals surface area contributed by atoms with Gasteiger partial charge in [-0.1, -0.05) is 29.5 Å². The molecule has 4 N–H and O–H groups in total. The summed E-state index contributed by atoms with van der Waals surface area (Å²) in [4.78, 5) is 36.1. The molecule has 0 amide bonds. The lowest BCUT2D eigenvalue weighted by molar-refractivity contribution is 0.352. The average molecular weight is 298 g/mol. The van der Waals surface area contributed by atoms with Crippen molar-refractivity contribution in [3.63, 3.8) is 0 Å². The molecule has 0 bridgehead atoms. The molecular weight excluding hydrogens is 286 g/mol. The lowest BCUT2D eigenvalue weighted by Crippen LogP contribution is -2.04. The number of thioether (sulfide) groups is 1. The first-order valence-corrected chi connectivity index (χ1v) is 8.69. The summed E-state index contributed by atoms with van der Waals surface area (Å²) in [6.07, 6.45) is 0. The Morgan fingerprint density at radius 1 is 1.00 bits per heavy atom. The van der Waals surface area contributed by atoms with E-state index in [9.17, 15) is 9.13 Å². The highest BCUT2D eigenvalue weighted by Gasteiger charge is 2.44. The molecule has 6 nitrogen and oxygen atoms in total. The lowest BCUT2D eigenvalue weighted by Gasteiger charge is -2.18. The summed E-state index contributed by atoms with van der Waals surface area (Å²) >= 11 is 0.485. The summed E-state index contributed by atoms with van der Waals surface area (Å²) in [7, 11) is -9.75. The zero-order valence-electron chi connectivity index (χ0n) is 8.79. The molecule has 0 aliphatic rings. The van der Waals surface area contributed by atoms with Crippen LogP contribution in [0.5, 0.6) is 0 Å². The van der Waals surface area contributed by atoms with E-state index < -0.39 is 19.9 Å². The third kappa shape index (κ3) is 4.56. The van der Waals surface area contributed by atoms with E-state index in [1.807, 2.05) is 6.92 Å². The highest BCUT2D eigenvalue weighted by atomic mass is 32.2. The van der Waals surface area contributed by atoms with Crippen LogP contribution in [-0.2, 0) is 9.13 Å². The predicted molar refractivity (Wildman–Crippen MR) is 64.9 cm³/mol. The third-order valence-corrected chi connectivity index (χ3v) is 7.83. The minimum atomic E-state index is -4.87. The molecule has 0 aromatic heterocycles. The molecule has 0 saturated heterocycles. The second kappa shape index (κ2) is 5.24. The summed E-state index contributed by atoms with van der Waals surface area (Å²) in [5.74, 6) is 0. The summed E-state index contributed by atoms with van der Waals surface area (Å²) < 4.78 is 20.0. The molecule has 1 rings (SSSR count). The Morgan fingerprint density at radius 3 is 1.76 bits per heavy atom. The fourth-order valence-electron chi connectivity index (χ4n) is 1.07. The Labute approximate surface area is 102 Å². The van der Waals surface area contributed by atoms with E-state index >= 15 is 0 Å². The number of benzene rings is 1. The van der Waals surface area contributed by atoms with Gasteiger partial charge in [0.05, 0.1) is 0 Å². The molecule has 1 aromatic rings. The van der Waals surface area contributed by atoms with Gasteiger partial charge in [0, 0.05) is 4.90 Å². The normalized spacial score (nSPS) is 13.1. The van der Waals surface area contributed by atoms with Crippen molar-refractivity contribution >= 4 is 27.0 Å². The van der Waals surface area contributed by atoms with Gasteiger partial charge in [0.25, 0.3) is 0 Å². The van der Waals surface area contributed by atoms with Gasteiger partial charge in [-0.3, -0.25) is 9.13 Å². The molecule has 0 aliphatic carbocycles. The Morgan fingerprint density at radius 2 is 1.41 bits per heavy atom. The first-order valence-electron chi connectivity index (χ1n) is 4.44. The van der Waals surface area contributed by atoms with Crippen LogP contribution in [0.3, 0.4) is 0 Å². The van der Waals surface area contributed by atoms with Gasteiger partial charge in [0.2, 0.25) is 4.73 Å². The third-order valence-electron chi connectivity index (χ3n) is 1.84. The zero-order chi connectivity index (χ0) is 13.3. The van der Waals surface area contributed by atoms with Gasteiger partial charge in [0.15, 0.2) is 0 Å². The monoisotopic (exact) mass is 298 g/mol. The summed E-state index contributed by atoms with van der Waals surface area (Å²) in [6, 6.07) is 6.49. The highest BCUT2D eigenvalue weighted by molar-refractivity contribution is 8.12. The van der Waals surface area contributed by atoms with Crippen molar-refractivity contribution in [3.05, 3.63) is 29.8 Å². The zero-order valence-corrected chi connectivity index (χ0v) is 11.4. The Kier molecular flexibility index (Phi) is 4.60. The van der Waals surface area contributed by atoms with E-state index in [1.165, 1.54) is 0 Å². The minimum absolute atomic E-state index is 0.396. The number of hydrogen-bond donors (Lipinski definition) is 4. The molecule has 0 atom stereocenters. The summed E-state index contributed by atoms with van der Waals surface area (Å²) in [5.41, 5.74) is 0.943. The first kappa shape index (κ1) is 14.9. The van der Waals surface area contributed by atoms with Crippen LogP contribution < -0.4 is 0 Å². The van der Waals surface area contributed by atoms with Crippen LogP contribution in [0.25, 0.3) is 0 Å². The molecule has 0 radical (unpaired) electrons. The maximum Gasteiger partial charge on any atom is 0.351 e. The molecular formula is C8H12O6P2S. The maximum atomic E-state index is 11.0. The largest absolute Gasteiger partial charge is 0.351 e. The van der Waals surface area contributed by atoms with Gasteiger partial charge < -0.3 is 19.6 Å². The van der Waals surface area contributed by atoms with Crippen molar-refractivity contribution in [1.29, 1.82) is 0 Å². The molecule has 0 heterocycles. The topological polar surface area (TPSA) is 115 Å². The van der Waals surface area contributed by atoms with Crippen LogP contribution in [0.1, 0.15) is 5.56 Å². The van der Waals surface area contributed by atoms with E-state index in [0.717, 1.165) is 5.56 Å². The smallest absolute Gasteiger partial charge is 0.323 e. The van der Waals surface area contributed by atoms with Crippen molar-refractivity contribution in [2.45, 2.75) is 16.6 Å². The second-order valence-electron chi connectivity index (χ2n) is 3.44. The van der Waals surface area contributed by atoms with E-state index in [2.05, 4.69) is 0 Å². The quantitative estimate of drug-likeness (QED) is 0.494. The number of hydrogen-bond acceptors (Lipinski definition) is 3. The van der Waals surface area contributed by atoms with Crippen LogP contribution >= 0.6 is 27.0 Å². The Hall–Kier alpha value is -0.130. The first-order chi connectivity index (χ1) is 7.60. The van der Waals surface area contributed by atoms with Crippen LogP contribution in [-0.4, -0.2) is 24.3 Å². The molecule has 0 spiro atoms. The van der Waals surface area contributed by atoms with Crippen molar-refractivity contribution in [3.8, 4) is 0 Å². The molecule has 0 saturated carbocycles. The van der Waals surface area contributed by atoms with Crippen LogP contribution in [0.4, 0.5) is 0 Å². The molecule has 0 unspecified atom stereocenters. The van der Waals surface area contributed by atoms with E-state index in [-0.39, 0.29) is 0 Å². The van der Waals surface area contributed by atoms with Gasteiger partial charge in [-0.2, -0.15) is 0 Å². The van der Waals surface area contributed by atoms with Gasteiger partial charge in [0.1, 0.15) is 0 Å². The van der Waals surface area contributed by atoms with Gasteiger partial charge in [-0.25, -0.2) is 0 Å². The molecule has 1 aromatic carbocycles. The van der Waals surface area contributed by atoms with E-state index in [4.69, 9.17) is 19.6 Å². The van der Waals surface area contributed by atoms with Crippen molar-refractivity contribution in [2.24, 2.45) is 0 Å². The van der Waals surface area contributed by atoms with Crippen molar-refractivity contribution < 1.29 is 28.7 Å². The minimum Gasteiger partial charge on any atom is -0.323 e. The Balaban J connectivity index is 3.00. The lowest BCUT2D eigenvalue weighted by atomic mass is 10.2. The van der Waals surface area contributed by atoms with Crippen molar-refractivity contribution in [1.82, 2.24) is 0 Å². The molecule has 96 valence electrons. The fourth-order valence-corrected chi connectivity index (χ4v) is 5.00. The van der Waals surface area contributed by atoms with Crippen LogP contribution in [0.2, 0.25) is 0 Å². The van der Waals surface area contributed by atoms with Crippen LogP contribution in [0.15, 0.2) is 29.2 Å². The number of rotatable bonds is 4. The summed E-state index contributed by atoms with van der Waals surface area (Å²) in [6.45, 7) is 1.83. The molecule has 0 fully saturated rings. The fraction of sp³-hybridized carbons (Fsp3) is 0.250. The maximum absolute atomic E-state index is 11.0. The van der Waals surface area contributed by atoms with E-state index in [0.29, 0.717) is 16.7 Å². The van der Waals surface area contributed by atoms with Gasteiger partial charge >= 0.3 is 15.2 Å². The predicted octanol–water partition coefficient (Wildman–Crippen LogP) is 1.73. The Bertz CT molecular complexity index is 453. The van der Waals surface area contributed by atoms with Crippen molar-refractivity contribution in [2.75, 3.05) is 0 Å². The van der Waals surface area contributed by atoms with Gasteiger partial charge in [-0.05, 0) is 19.1 Å². The van der Waals surface area contributed by atoms with Gasteiger partial charge in [-0.15, -0.1) is 0 Å². The highest BCUT2D eigenvalue weighted by Crippen LogP contribution is 2.65. The van der Waals surface area contributed by atoms with Crippen LogP contribution in [0, 0.1) is 6.92 Å². The SMILES string of the molecule is Cc1ccc(SC(P(=O)(O)O)P(=O)(O)O)cc1. The molecule has 17 heavy (non-hydrogen) atoms. The average Bonchev–Trinajstić information content (AvgIpc) is 2.13. The summed E-state index contributed by atoms with van der Waals surface area (Å²) in [5, 5.41) is 0. The molecule has 9 heteroatoms.